The summed E-state index contributed by atoms with van der Waals surface area (Å²) in [5.41, 5.74) is 8.71. The van der Waals surface area contributed by atoms with Gasteiger partial charge in [-0.3, -0.25) is 5.10 Å². The number of nitrogens with two attached hydrogens (primary N) is 1. The molecule has 1 fully saturated rings. The van der Waals surface area contributed by atoms with Crippen molar-refractivity contribution in [2.24, 2.45) is 0 Å². The van der Waals surface area contributed by atoms with Gasteiger partial charge in [0.25, 0.3) is 0 Å². The number of hydrogen-bond acceptors (Lipinski definition) is 4. The third-order valence-corrected chi connectivity index (χ3v) is 3.40. The molecule has 1 aliphatic heterocycles. The number of fused-ring (bicyclic) bond motifs is 1. The highest BCUT2D eigenvalue weighted by Crippen LogP contribution is 2.25. The summed E-state index contributed by atoms with van der Waals surface area (Å²) in [6, 6.07) is 3.93. The number of rotatable bonds is 3. The van der Waals surface area contributed by atoms with Crippen LogP contribution in [-0.4, -0.2) is 29.5 Å². The SMILES string of the molecule is Nc1cc2cn[nH]c2cc1NCC1CCCCO1. The molecule has 3 rings (SSSR count). The average Bonchev–Trinajstić information content (AvgIpc) is 2.84. The number of hydrogen-bond donors (Lipinski definition) is 3. The van der Waals surface area contributed by atoms with Crippen LogP contribution in [0.1, 0.15) is 19.3 Å². The van der Waals surface area contributed by atoms with Crippen LogP contribution in [0.15, 0.2) is 18.3 Å². The summed E-state index contributed by atoms with van der Waals surface area (Å²) < 4.78 is 5.69. The molecule has 18 heavy (non-hydrogen) atoms. The minimum absolute atomic E-state index is 0.301. The fourth-order valence-electron chi connectivity index (χ4n) is 2.35. The molecular formula is C13H18N4O. The predicted octanol–water partition coefficient (Wildman–Crippen LogP) is 2.13. The molecule has 4 N–H and O–H groups in total. The molecular weight excluding hydrogens is 228 g/mol. The van der Waals surface area contributed by atoms with Gasteiger partial charge in [0, 0.05) is 18.5 Å². The van der Waals surface area contributed by atoms with Gasteiger partial charge < -0.3 is 15.8 Å². The van der Waals surface area contributed by atoms with Crippen molar-refractivity contribution >= 4 is 22.3 Å². The summed E-state index contributed by atoms with van der Waals surface area (Å²) in [5.74, 6) is 0. The fraction of sp³-hybridized carbons (Fsp3) is 0.462. The van der Waals surface area contributed by atoms with Gasteiger partial charge in [0.1, 0.15) is 0 Å². The number of nitrogens with zero attached hydrogens (tertiary/aromatic N) is 1. The number of H-pyrrole nitrogens is 1. The lowest BCUT2D eigenvalue weighted by Gasteiger charge is -2.23. The van der Waals surface area contributed by atoms with Crippen LogP contribution in [-0.2, 0) is 4.74 Å². The zero-order valence-electron chi connectivity index (χ0n) is 10.3. The quantitative estimate of drug-likeness (QED) is 0.725. The van der Waals surface area contributed by atoms with Crippen LogP contribution in [0.3, 0.4) is 0 Å². The summed E-state index contributed by atoms with van der Waals surface area (Å²) in [6.07, 6.45) is 5.63. The lowest BCUT2D eigenvalue weighted by atomic mass is 10.1. The van der Waals surface area contributed by atoms with E-state index in [1.165, 1.54) is 12.8 Å². The third-order valence-electron chi connectivity index (χ3n) is 3.40. The molecule has 1 atom stereocenters. The Bertz CT molecular complexity index is 531. The molecule has 1 aromatic heterocycles. The van der Waals surface area contributed by atoms with Gasteiger partial charge in [-0.15, -0.1) is 0 Å². The summed E-state index contributed by atoms with van der Waals surface area (Å²) in [6.45, 7) is 1.69. The molecule has 1 aliphatic rings. The Morgan fingerprint density at radius 3 is 3.22 bits per heavy atom. The molecule has 0 amide bonds. The standard InChI is InChI=1S/C13H18N4O/c14-11-5-9-7-16-17-12(9)6-13(11)15-8-10-3-1-2-4-18-10/h5-7,10,15H,1-4,8,14H2,(H,16,17). The van der Waals surface area contributed by atoms with E-state index >= 15 is 0 Å². The van der Waals surface area contributed by atoms with Crippen LogP contribution in [0.2, 0.25) is 0 Å². The molecule has 5 heteroatoms. The number of nitrogens with one attached hydrogen (secondary N) is 2. The Morgan fingerprint density at radius 2 is 2.39 bits per heavy atom. The van der Waals surface area contributed by atoms with E-state index in [-0.39, 0.29) is 0 Å². The van der Waals surface area contributed by atoms with Gasteiger partial charge in [-0.2, -0.15) is 5.10 Å². The minimum atomic E-state index is 0.301. The van der Waals surface area contributed by atoms with Gasteiger partial charge in [-0.1, -0.05) is 0 Å². The average molecular weight is 246 g/mol. The van der Waals surface area contributed by atoms with Gasteiger partial charge in [-0.05, 0) is 31.4 Å². The zero-order chi connectivity index (χ0) is 12.4. The Balaban J connectivity index is 1.71. The Kier molecular flexibility index (Phi) is 3.06. The third kappa shape index (κ3) is 2.26. The van der Waals surface area contributed by atoms with Gasteiger partial charge in [0.15, 0.2) is 0 Å². The maximum absolute atomic E-state index is 6.02. The summed E-state index contributed by atoms with van der Waals surface area (Å²) in [4.78, 5) is 0. The highest BCUT2D eigenvalue weighted by Gasteiger charge is 2.14. The van der Waals surface area contributed by atoms with Crippen LogP contribution >= 0.6 is 0 Å². The van der Waals surface area contributed by atoms with E-state index in [9.17, 15) is 0 Å². The molecule has 1 saturated heterocycles. The van der Waals surface area contributed by atoms with E-state index in [1.54, 1.807) is 6.20 Å². The molecule has 96 valence electrons. The van der Waals surface area contributed by atoms with E-state index in [4.69, 9.17) is 10.5 Å². The lowest BCUT2D eigenvalue weighted by Crippen LogP contribution is -2.27. The first kappa shape index (κ1) is 11.3. The highest BCUT2D eigenvalue weighted by atomic mass is 16.5. The van der Waals surface area contributed by atoms with E-state index in [1.807, 2.05) is 12.1 Å². The van der Waals surface area contributed by atoms with E-state index in [0.29, 0.717) is 6.10 Å². The molecule has 1 unspecified atom stereocenters. The lowest BCUT2D eigenvalue weighted by molar-refractivity contribution is 0.0248. The molecule has 0 aliphatic carbocycles. The first-order valence-corrected chi connectivity index (χ1v) is 6.41. The second kappa shape index (κ2) is 4.86. The second-order valence-corrected chi connectivity index (χ2v) is 4.77. The number of nitrogen functional groups attached to an aromatic ring is 1. The van der Waals surface area contributed by atoms with Crippen molar-refractivity contribution in [3.8, 4) is 0 Å². The number of ether oxygens (including phenoxy) is 1. The van der Waals surface area contributed by atoms with Gasteiger partial charge >= 0.3 is 0 Å². The Morgan fingerprint density at radius 1 is 1.44 bits per heavy atom. The smallest absolute Gasteiger partial charge is 0.0747 e. The van der Waals surface area contributed by atoms with E-state index in [0.717, 1.165) is 41.9 Å². The summed E-state index contributed by atoms with van der Waals surface area (Å²) in [5, 5.41) is 11.3. The first-order valence-electron chi connectivity index (χ1n) is 6.41. The molecule has 0 radical (unpaired) electrons. The van der Waals surface area contributed by atoms with Crippen LogP contribution in [0.5, 0.6) is 0 Å². The van der Waals surface area contributed by atoms with Gasteiger partial charge in [0.2, 0.25) is 0 Å². The molecule has 0 bridgehead atoms. The van der Waals surface area contributed by atoms with Crippen molar-refractivity contribution in [2.75, 3.05) is 24.2 Å². The number of anilines is 2. The van der Waals surface area contributed by atoms with Crippen molar-refractivity contribution in [2.45, 2.75) is 25.4 Å². The van der Waals surface area contributed by atoms with Gasteiger partial charge in [-0.25, -0.2) is 0 Å². The number of benzene rings is 1. The molecule has 2 aromatic rings. The molecule has 5 nitrogen and oxygen atoms in total. The minimum Gasteiger partial charge on any atom is -0.397 e. The largest absolute Gasteiger partial charge is 0.397 e. The van der Waals surface area contributed by atoms with Crippen molar-refractivity contribution < 1.29 is 4.74 Å². The first-order chi connectivity index (χ1) is 8.83. The maximum atomic E-state index is 6.02. The molecule has 2 heterocycles. The molecule has 0 spiro atoms. The van der Waals surface area contributed by atoms with Crippen molar-refractivity contribution in [3.05, 3.63) is 18.3 Å². The van der Waals surface area contributed by atoms with Crippen molar-refractivity contribution in [3.63, 3.8) is 0 Å². The van der Waals surface area contributed by atoms with E-state index < -0.39 is 0 Å². The number of aromatic nitrogens is 2. The highest BCUT2D eigenvalue weighted by molar-refractivity contribution is 5.88. The fourth-order valence-corrected chi connectivity index (χ4v) is 2.35. The second-order valence-electron chi connectivity index (χ2n) is 4.77. The van der Waals surface area contributed by atoms with Crippen LogP contribution in [0, 0.1) is 0 Å². The van der Waals surface area contributed by atoms with Gasteiger partial charge in [0.05, 0.1) is 29.2 Å². The summed E-state index contributed by atoms with van der Waals surface area (Å²) >= 11 is 0. The Labute approximate surface area is 106 Å². The van der Waals surface area contributed by atoms with Crippen LogP contribution in [0.25, 0.3) is 10.9 Å². The van der Waals surface area contributed by atoms with E-state index in [2.05, 4.69) is 15.5 Å². The zero-order valence-corrected chi connectivity index (χ0v) is 10.3. The monoisotopic (exact) mass is 246 g/mol. The normalized spacial score (nSPS) is 20.1. The topological polar surface area (TPSA) is 76.0 Å². The maximum Gasteiger partial charge on any atom is 0.0747 e. The Hall–Kier alpha value is -1.75. The molecule has 0 saturated carbocycles. The summed E-state index contributed by atoms with van der Waals surface area (Å²) in [7, 11) is 0. The molecule has 1 aromatic carbocycles. The van der Waals surface area contributed by atoms with Crippen molar-refractivity contribution in [1.82, 2.24) is 10.2 Å². The van der Waals surface area contributed by atoms with Crippen LogP contribution in [0.4, 0.5) is 11.4 Å². The number of aromatic amines is 1. The predicted molar refractivity (Wildman–Crippen MR) is 72.6 cm³/mol. The van der Waals surface area contributed by atoms with Crippen molar-refractivity contribution in [1.29, 1.82) is 0 Å². The van der Waals surface area contributed by atoms with Crippen LogP contribution < -0.4 is 11.1 Å².